The molecule has 0 radical (unpaired) electrons. The molecule has 3 aromatic heterocycles. The van der Waals surface area contributed by atoms with Crippen LogP contribution in [0.2, 0.25) is 0 Å². The summed E-state index contributed by atoms with van der Waals surface area (Å²) in [6.45, 7) is 5.93. The van der Waals surface area contributed by atoms with Gasteiger partial charge in [-0.25, -0.2) is 14.6 Å². The fourth-order valence-corrected chi connectivity index (χ4v) is 5.35. The minimum atomic E-state index is 0.757. The summed E-state index contributed by atoms with van der Waals surface area (Å²) in [5, 5.41) is 14.5. The third-order valence-corrected chi connectivity index (χ3v) is 7.64. The Kier molecular flexibility index (Phi) is 6.43. The summed E-state index contributed by atoms with van der Waals surface area (Å²) < 4.78 is 4.11. The lowest BCUT2D eigenvalue weighted by Crippen LogP contribution is -2.43. The van der Waals surface area contributed by atoms with Gasteiger partial charge in [0.05, 0.1) is 23.1 Å². The van der Waals surface area contributed by atoms with Gasteiger partial charge in [0.15, 0.2) is 0 Å². The second kappa shape index (κ2) is 10.5. The predicted octanol–water partition coefficient (Wildman–Crippen LogP) is 4.70. The summed E-state index contributed by atoms with van der Waals surface area (Å²) in [4.78, 5) is 13.9. The average Bonchev–Trinajstić information content (AvgIpc) is 3.62. The lowest BCUT2D eigenvalue weighted by Gasteiger charge is -2.31. The number of nitrogens with zero attached hydrogens (tertiary/aromatic N) is 8. The molecule has 6 aromatic rings. The van der Waals surface area contributed by atoms with Gasteiger partial charge >= 0.3 is 0 Å². The van der Waals surface area contributed by atoms with Gasteiger partial charge in [0.2, 0.25) is 0 Å². The molecule has 1 fully saturated rings. The number of fused-ring (bicyclic) bond motifs is 2. The molecule has 0 atom stereocenters. The largest absolute Gasteiger partial charge is 0.343 e. The standard InChI is InChI=1S/C31H31N9/c1-37-13-15-38(16-14-37)20-26-21-40(36-35-26)27-8-9-29-28(18-27)31(33-22-32-29)34-25-7-10-30-24(17-25)11-12-39(30)19-23-5-3-2-4-6-23/h2-12,17-18,21-22H,13-16,19-20H2,1H3,(H,32,33,34). The molecule has 0 amide bonds. The zero-order valence-electron chi connectivity index (χ0n) is 22.5. The molecule has 1 aliphatic rings. The topological polar surface area (TPSA) is 79.9 Å². The van der Waals surface area contributed by atoms with Gasteiger partial charge in [0, 0.05) is 67.4 Å². The number of aromatic nitrogens is 6. The number of hydrogen-bond acceptors (Lipinski definition) is 7. The van der Waals surface area contributed by atoms with Crippen molar-refractivity contribution >= 4 is 33.3 Å². The molecule has 0 bridgehead atoms. The first-order valence-electron chi connectivity index (χ1n) is 13.6. The van der Waals surface area contributed by atoms with E-state index < -0.39 is 0 Å². The number of anilines is 2. The van der Waals surface area contributed by atoms with Crippen LogP contribution in [0.3, 0.4) is 0 Å². The van der Waals surface area contributed by atoms with Crippen LogP contribution in [0, 0.1) is 0 Å². The van der Waals surface area contributed by atoms with Gasteiger partial charge in [-0.2, -0.15) is 0 Å². The maximum absolute atomic E-state index is 4.58. The molecule has 9 nitrogen and oxygen atoms in total. The van der Waals surface area contributed by atoms with Crippen LogP contribution in [0.15, 0.2) is 91.5 Å². The van der Waals surface area contributed by atoms with Crippen LogP contribution >= 0.6 is 0 Å². The van der Waals surface area contributed by atoms with Crippen LogP contribution in [0.4, 0.5) is 11.5 Å². The Balaban J connectivity index is 1.12. The highest BCUT2D eigenvalue weighted by Crippen LogP contribution is 2.28. The molecule has 0 saturated carbocycles. The molecule has 1 N–H and O–H groups in total. The number of hydrogen-bond donors (Lipinski definition) is 1. The van der Waals surface area contributed by atoms with Gasteiger partial charge in [-0.05, 0) is 55.1 Å². The normalized spacial score (nSPS) is 14.7. The van der Waals surface area contributed by atoms with Crippen molar-refractivity contribution in [1.29, 1.82) is 0 Å². The summed E-state index contributed by atoms with van der Waals surface area (Å²) in [5.41, 5.74) is 6.22. The lowest BCUT2D eigenvalue weighted by atomic mass is 10.2. The van der Waals surface area contributed by atoms with E-state index in [-0.39, 0.29) is 0 Å². The van der Waals surface area contributed by atoms with Crippen molar-refractivity contribution in [2.45, 2.75) is 13.1 Å². The lowest BCUT2D eigenvalue weighted by molar-refractivity contribution is 0.147. The monoisotopic (exact) mass is 529 g/mol. The maximum Gasteiger partial charge on any atom is 0.141 e. The van der Waals surface area contributed by atoms with Crippen molar-refractivity contribution in [3.05, 3.63) is 103 Å². The van der Waals surface area contributed by atoms with Crippen LogP contribution < -0.4 is 5.32 Å². The summed E-state index contributed by atoms with van der Waals surface area (Å²) in [6, 6.07) is 25.2. The summed E-state index contributed by atoms with van der Waals surface area (Å²) in [7, 11) is 2.17. The van der Waals surface area contributed by atoms with Crippen molar-refractivity contribution in [3.63, 3.8) is 0 Å². The highest BCUT2D eigenvalue weighted by atomic mass is 15.4. The molecule has 9 heteroatoms. The van der Waals surface area contributed by atoms with E-state index in [1.165, 1.54) is 16.5 Å². The van der Waals surface area contributed by atoms with E-state index in [0.717, 1.165) is 73.1 Å². The fraction of sp³-hybridized carbons (Fsp3) is 0.226. The van der Waals surface area contributed by atoms with Gasteiger partial charge < -0.3 is 14.8 Å². The van der Waals surface area contributed by atoms with Crippen LogP contribution in [0.5, 0.6) is 0 Å². The molecular formula is C31H31N9. The van der Waals surface area contributed by atoms with E-state index in [1.807, 2.05) is 29.1 Å². The molecule has 200 valence electrons. The van der Waals surface area contributed by atoms with Crippen molar-refractivity contribution in [2.75, 3.05) is 38.5 Å². The van der Waals surface area contributed by atoms with E-state index >= 15 is 0 Å². The number of likely N-dealkylation sites (N-methyl/N-ethyl adjacent to an activating group) is 1. The van der Waals surface area contributed by atoms with Crippen LogP contribution in [0.1, 0.15) is 11.3 Å². The van der Waals surface area contributed by atoms with E-state index in [2.05, 4.69) is 108 Å². The number of benzene rings is 3. The predicted molar refractivity (Wildman–Crippen MR) is 158 cm³/mol. The Hall–Kier alpha value is -4.60. The van der Waals surface area contributed by atoms with Gasteiger partial charge in [-0.1, -0.05) is 35.5 Å². The number of piperazine rings is 1. The second-order valence-electron chi connectivity index (χ2n) is 10.5. The third kappa shape index (κ3) is 5.04. The summed E-state index contributed by atoms with van der Waals surface area (Å²) in [6.07, 6.45) is 5.76. The van der Waals surface area contributed by atoms with Crippen molar-refractivity contribution < 1.29 is 0 Å². The SMILES string of the molecule is CN1CCN(Cc2cn(-c3ccc4ncnc(Nc5ccc6c(ccn6Cc6ccccc6)c5)c4c3)nn2)CC1. The van der Waals surface area contributed by atoms with Crippen LogP contribution in [-0.2, 0) is 13.1 Å². The Morgan fingerprint density at radius 3 is 2.60 bits per heavy atom. The second-order valence-corrected chi connectivity index (χ2v) is 10.5. The number of rotatable bonds is 7. The van der Waals surface area contributed by atoms with Crippen LogP contribution in [-0.4, -0.2) is 72.6 Å². The Bertz CT molecular complexity index is 1760. The molecule has 0 unspecified atom stereocenters. The molecule has 0 aliphatic carbocycles. The average molecular weight is 530 g/mol. The quantitative estimate of drug-likeness (QED) is 0.321. The number of nitrogens with one attached hydrogen (secondary N) is 1. The minimum Gasteiger partial charge on any atom is -0.343 e. The van der Waals surface area contributed by atoms with E-state index in [9.17, 15) is 0 Å². The Morgan fingerprint density at radius 1 is 0.850 bits per heavy atom. The van der Waals surface area contributed by atoms with Crippen molar-refractivity contribution in [3.8, 4) is 5.69 Å². The molecular weight excluding hydrogens is 498 g/mol. The van der Waals surface area contributed by atoms with E-state index in [0.29, 0.717) is 0 Å². The van der Waals surface area contributed by atoms with Crippen molar-refractivity contribution in [1.82, 2.24) is 39.3 Å². The first kappa shape index (κ1) is 24.4. The third-order valence-electron chi connectivity index (χ3n) is 7.64. The molecule has 40 heavy (non-hydrogen) atoms. The smallest absolute Gasteiger partial charge is 0.141 e. The maximum atomic E-state index is 4.58. The molecule has 1 saturated heterocycles. The molecule has 0 spiro atoms. The fourth-order valence-electron chi connectivity index (χ4n) is 5.35. The summed E-state index contributed by atoms with van der Waals surface area (Å²) >= 11 is 0. The Morgan fingerprint density at radius 2 is 1.73 bits per heavy atom. The highest BCUT2D eigenvalue weighted by molar-refractivity contribution is 5.93. The zero-order chi connectivity index (χ0) is 26.9. The molecule has 1 aliphatic heterocycles. The van der Waals surface area contributed by atoms with Gasteiger partial charge in [0.25, 0.3) is 0 Å². The van der Waals surface area contributed by atoms with Gasteiger partial charge in [-0.3, -0.25) is 4.90 Å². The molecule has 3 aromatic carbocycles. The molecule has 4 heterocycles. The van der Waals surface area contributed by atoms with Gasteiger partial charge in [0.1, 0.15) is 12.1 Å². The molecule has 7 rings (SSSR count). The first-order chi connectivity index (χ1) is 19.7. The van der Waals surface area contributed by atoms with Crippen LogP contribution in [0.25, 0.3) is 27.5 Å². The minimum absolute atomic E-state index is 0.757. The highest BCUT2D eigenvalue weighted by Gasteiger charge is 2.16. The zero-order valence-corrected chi connectivity index (χ0v) is 22.5. The van der Waals surface area contributed by atoms with E-state index in [1.54, 1.807) is 6.33 Å². The Labute approximate surface area is 232 Å². The van der Waals surface area contributed by atoms with E-state index in [4.69, 9.17) is 0 Å². The summed E-state index contributed by atoms with van der Waals surface area (Å²) in [5.74, 6) is 0.757. The van der Waals surface area contributed by atoms with Crippen molar-refractivity contribution in [2.24, 2.45) is 0 Å². The first-order valence-corrected chi connectivity index (χ1v) is 13.6. The van der Waals surface area contributed by atoms with Gasteiger partial charge in [-0.15, -0.1) is 5.10 Å².